The first kappa shape index (κ1) is 54.1. The lowest BCUT2D eigenvalue weighted by atomic mass is 9.87. The monoisotopic (exact) mass is 1100 g/mol. The van der Waals surface area contributed by atoms with Crippen molar-refractivity contribution < 1.29 is 53.9 Å². The summed E-state index contributed by atoms with van der Waals surface area (Å²) in [6.45, 7) is 0.766. The van der Waals surface area contributed by atoms with Crippen molar-refractivity contribution in [3.8, 4) is 11.5 Å². The van der Waals surface area contributed by atoms with Gasteiger partial charge in [0.15, 0.2) is 0 Å². The molecule has 0 aliphatic carbocycles. The third-order valence-electron chi connectivity index (χ3n) is 14.7. The number of carbonyl (C=O) groups excluding carboxylic acids is 3. The molecule has 6 atom stereocenters. The molecule has 12 nitrogen and oxygen atoms in total. The van der Waals surface area contributed by atoms with Crippen molar-refractivity contribution in [3.63, 3.8) is 0 Å². The van der Waals surface area contributed by atoms with Gasteiger partial charge >= 0.3 is 12.4 Å². The molecule has 4 saturated heterocycles. The summed E-state index contributed by atoms with van der Waals surface area (Å²) in [5, 5.41) is 10.2. The maximum absolute atomic E-state index is 13.3. The number of nitrogens with zero attached hydrogens (tertiary/aromatic N) is 2. The van der Waals surface area contributed by atoms with Gasteiger partial charge in [-0.1, -0.05) is 83.9 Å². The topological polar surface area (TPSA) is 149 Å². The lowest BCUT2D eigenvalue weighted by molar-refractivity contribution is -0.143. The van der Waals surface area contributed by atoms with E-state index in [-0.39, 0.29) is 60.7 Å². The third-order valence-corrected chi connectivity index (χ3v) is 16.6. The van der Waals surface area contributed by atoms with Crippen LogP contribution >= 0.6 is 23.2 Å². The van der Waals surface area contributed by atoms with E-state index in [9.17, 15) is 49.1 Å². The number of para-hydroxylation sites is 2. The van der Waals surface area contributed by atoms with Gasteiger partial charge in [-0.15, -0.1) is 0 Å². The Morgan fingerprint density at radius 3 is 1.39 bits per heavy atom. The Labute approximate surface area is 440 Å². The molecule has 21 heteroatoms. The van der Waals surface area contributed by atoms with E-state index < -0.39 is 56.8 Å². The number of piperidine rings is 2. The molecule has 5 aromatic rings. The Morgan fingerprint density at radius 1 is 0.573 bits per heavy atom. The van der Waals surface area contributed by atoms with Crippen LogP contribution in [0, 0.1) is 0 Å². The number of ether oxygens (including phenoxy) is 1. The number of alkyl halides is 6. The maximum atomic E-state index is 13.3. The molecule has 75 heavy (non-hydrogen) atoms. The number of amides is 3. The minimum Gasteiger partial charge on any atom is -0.457 e. The summed E-state index contributed by atoms with van der Waals surface area (Å²) in [6, 6.07) is 32.0. The van der Waals surface area contributed by atoms with Crippen LogP contribution in [0.4, 0.5) is 26.3 Å². The van der Waals surface area contributed by atoms with Crippen molar-refractivity contribution in [1.82, 2.24) is 30.5 Å². The van der Waals surface area contributed by atoms with Crippen LogP contribution in [0.1, 0.15) is 90.7 Å². The number of benzene rings is 5. The number of halogens is 8. The molecule has 5 heterocycles. The molecule has 5 aromatic carbocycles. The second kappa shape index (κ2) is 22.5. The molecule has 5 aliphatic rings. The lowest BCUT2D eigenvalue weighted by Crippen LogP contribution is -2.51. The van der Waals surface area contributed by atoms with Crippen LogP contribution in [0.2, 0.25) is 10.0 Å². The smallest absolute Gasteiger partial charge is 0.416 e. The molecule has 398 valence electrons. The fourth-order valence-corrected chi connectivity index (χ4v) is 12.6. The molecule has 0 spiro atoms. The molecular formula is C54H54Cl2F6N6O6S. The van der Waals surface area contributed by atoms with Crippen molar-refractivity contribution in [2.24, 2.45) is 0 Å². The summed E-state index contributed by atoms with van der Waals surface area (Å²) in [7, 11) is -4.85. The normalized spacial score (nSPS) is 22.5. The number of nitrogens with one attached hydrogen (secondary N) is 4. The van der Waals surface area contributed by atoms with Gasteiger partial charge in [0.1, 0.15) is 11.5 Å². The number of rotatable bonds is 13. The van der Waals surface area contributed by atoms with Gasteiger partial charge < -0.3 is 20.7 Å². The summed E-state index contributed by atoms with van der Waals surface area (Å²) in [4.78, 5) is 42.3. The van der Waals surface area contributed by atoms with Crippen LogP contribution in [0.3, 0.4) is 0 Å². The zero-order valence-corrected chi connectivity index (χ0v) is 42.6. The summed E-state index contributed by atoms with van der Waals surface area (Å²) < 4.78 is 111. The molecule has 0 aromatic heterocycles. The van der Waals surface area contributed by atoms with Crippen molar-refractivity contribution in [3.05, 3.63) is 159 Å². The average molecular weight is 1100 g/mol. The van der Waals surface area contributed by atoms with Crippen molar-refractivity contribution in [2.45, 2.75) is 124 Å². The van der Waals surface area contributed by atoms with Gasteiger partial charge in [0.2, 0.25) is 27.7 Å². The van der Waals surface area contributed by atoms with Crippen molar-refractivity contribution in [1.29, 1.82) is 0 Å². The minimum absolute atomic E-state index is 0.0408. The maximum Gasteiger partial charge on any atom is 0.416 e. The predicted octanol–water partition coefficient (Wildman–Crippen LogP) is 9.97. The highest BCUT2D eigenvalue weighted by molar-refractivity contribution is 7.89. The van der Waals surface area contributed by atoms with Gasteiger partial charge in [-0.05, 0) is 117 Å². The standard InChI is InChI=1S/C30H30ClN3O3.C24H24ClF6N3O3S/c31-20-11-9-19(10-12-20)18-34-22-13-14-23(34)16-21(15-22)33-28(35)17-32-30(36)29-24-5-1-3-7-26(24)37-27-8-4-2-6-25(27)29;25-17-3-1-14(2-4-17)13-34-19-5-6-20(34)11-18(10-19)33-22(35)12-32-38(36,37)21-8-15(23(26,27)28)7-16(9-21)24(29,30)31/h1-12,21-23,29H,13-18H2,(H,32,36)(H,33,35);1-4,7-9,18-20,32H,5-6,10-13H2,(H,33,35)/t21?,22-,23+;18?,19-,20+. The first-order valence-corrected chi connectivity index (χ1v) is 26.9. The zero-order chi connectivity index (χ0) is 53.2. The van der Waals surface area contributed by atoms with Crippen LogP contribution in [0.5, 0.6) is 11.5 Å². The van der Waals surface area contributed by atoms with Gasteiger partial charge in [0.25, 0.3) is 0 Å². The second-order valence-corrected chi connectivity index (χ2v) is 22.4. The molecular weight excluding hydrogens is 1050 g/mol. The van der Waals surface area contributed by atoms with E-state index in [0.29, 0.717) is 41.4 Å². The van der Waals surface area contributed by atoms with E-state index in [0.717, 1.165) is 73.3 Å². The highest BCUT2D eigenvalue weighted by atomic mass is 35.5. The zero-order valence-electron chi connectivity index (χ0n) is 40.3. The highest BCUT2D eigenvalue weighted by Crippen LogP contribution is 2.44. The van der Waals surface area contributed by atoms with E-state index in [4.69, 9.17) is 27.9 Å². The van der Waals surface area contributed by atoms with E-state index in [2.05, 4.69) is 37.9 Å². The van der Waals surface area contributed by atoms with E-state index in [1.54, 1.807) is 0 Å². The summed E-state index contributed by atoms with van der Waals surface area (Å²) in [5.41, 5.74) is 0.456. The molecule has 5 aliphatic heterocycles. The van der Waals surface area contributed by atoms with E-state index in [1.807, 2.05) is 89.7 Å². The largest absolute Gasteiger partial charge is 0.457 e. The third kappa shape index (κ3) is 13.1. The van der Waals surface area contributed by atoms with E-state index in [1.165, 1.54) is 5.56 Å². The van der Waals surface area contributed by atoms with Crippen LogP contribution < -0.4 is 25.4 Å². The Hall–Kier alpha value is -5.70. The van der Waals surface area contributed by atoms with Gasteiger partial charge in [0, 0.05) is 70.5 Å². The van der Waals surface area contributed by atoms with Crippen LogP contribution in [-0.4, -0.2) is 85.3 Å². The van der Waals surface area contributed by atoms with Gasteiger partial charge in [-0.25, -0.2) is 13.1 Å². The van der Waals surface area contributed by atoms with Crippen LogP contribution in [0.25, 0.3) is 0 Å². The number of sulfonamides is 1. The van der Waals surface area contributed by atoms with Gasteiger partial charge in [-0.2, -0.15) is 26.3 Å². The second-order valence-electron chi connectivity index (χ2n) is 19.7. The van der Waals surface area contributed by atoms with Crippen molar-refractivity contribution >= 4 is 50.9 Å². The van der Waals surface area contributed by atoms with Gasteiger partial charge in [0.05, 0.1) is 35.0 Å². The molecule has 4 fully saturated rings. The molecule has 0 saturated carbocycles. The first-order chi connectivity index (χ1) is 35.7. The Balaban J connectivity index is 0.000000184. The Kier molecular flexibility index (Phi) is 16.2. The molecule has 10 rings (SSSR count). The summed E-state index contributed by atoms with van der Waals surface area (Å²) in [6.07, 6.45) is -3.09. The summed E-state index contributed by atoms with van der Waals surface area (Å²) in [5.74, 6) is -0.236. The minimum atomic E-state index is -5.20. The highest BCUT2D eigenvalue weighted by Gasteiger charge is 2.43. The molecule has 3 amide bonds. The molecule has 4 bridgehead atoms. The van der Waals surface area contributed by atoms with E-state index >= 15 is 0 Å². The van der Waals surface area contributed by atoms with Crippen LogP contribution in [-0.2, 0) is 49.8 Å². The van der Waals surface area contributed by atoms with Gasteiger partial charge in [-0.3, -0.25) is 24.2 Å². The molecule has 4 N–H and O–H groups in total. The average Bonchev–Trinajstić information content (AvgIpc) is 3.73. The lowest BCUT2D eigenvalue weighted by Gasteiger charge is -2.39. The number of carbonyl (C=O) groups is 3. The number of hydrogen-bond acceptors (Lipinski definition) is 8. The predicted molar refractivity (Wildman–Crippen MR) is 269 cm³/mol. The Bertz CT molecular complexity index is 2900. The van der Waals surface area contributed by atoms with Crippen molar-refractivity contribution in [2.75, 3.05) is 13.1 Å². The Morgan fingerprint density at radius 2 is 0.973 bits per heavy atom. The quantitative estimate of drug-likeness (QED) is 0.0852. The fraction of sp³-hybridized carbons (Fsp3) is 0.389. The SMILES string of the molecule is O=C(CNC(=O)C1c2ccccc2Oc2ccccc21)NC1C[C@H]2CC[C@@H](C1)N2Cc1ccc(Cl)cc1.O=C(CNS(=O)(=O)c1cc(C(F)(F)F)cc(C(F)(F)F)c1)NC1C[C@H]2CC[C@@H](C1)N2Cc1ccc(Cl)cc1. The molecule has 0 radical (unpaired) electrons. The molecule has 2 unspecified atom stereocenters. The first-order valence-electron chi connectivity index (χ1n) is 24.7. The number of fused-ring (bicyclic) bond motifs is 6. The number of hydrogen-bond donors (Lipinski definition) is 4. The summed E-state index contributed by atoms with van der Waals surface area (Å²) >= 11 is 12.0. The fourth-order valence-electron chi connectivity index (χ4n) is 11.2. The van der Waals surface area contributed by atoms with Crippen LogP contribution in [0.15, 0.2) is 120 Å².